The molecule has 2 fully saturated rings. The third-order valence-corrected chi connectivity index (χ3v) is 5.47. The van der Waals surface area contributed by atoms with Crippen molar-refractivity contribution in [2.75, 3.05) is 26.2 Å². The Kier molecular flexibility index (Phi) is 7.41. The van der Waals surface area contributed by atoms with Gasteiger partial charge < -0.3 is 15.5 Å². The molecule has 144 valence electrons. The van der Waals surface area contributed by atoms with Crippen LogP contribution < -0.4 is 10.6 Å². The SMILES string of the molecule is CC(C(=O)N1CCC(C(=O)NCc2ccc(F)cc2)CC1)C1CNC1.Cl. The zero-order chi connectivity index (χ0) is 17.8. The fraction of sp³-hybridized carbons (Fsp3) is 0.579. The molecule has 2 N–H and O–H groups in total. The largest absolute Gasteiger partial charge is 0.352 e. The van der Waals surface area contributed by atoms with Crippen LogP contribution in [0.3, 0.4) is 0 Å². The van der Waals surface area contributed by atoms with Crippen molar-refractivity contribution < 1.29 is 14.0 Å². The lowest BCUT2D eigenvalue weighted by atomic mass is 9.87. The molecule has 0 bridgehead atoms. The molecule has 2 saturated heterocycles. The van der Waals surface area contributed by atoms with Gasteiger partial charge in [-0.25, -0.2) is 4.39 Å². The summed E-state index contributed by atoms with van der Waals surface area (Å²) in [6.45, 7) is 5.57. The summed E-state index contributed by atoms with van der Waals surface area (Å²) in [5.74, 6) is 0.419. The predicted molar refractivity (Wildman–Crippen MR) is 100 cm³/mol. The third-order valence-electron chi connectivity index (χ3n) is 5.47. The molecule has 0 radical (unpaired) electrons. The molecule has 0 aliphatic carbocycles. The van der Waals surface area contributed by atoms with Crippen LogP contribution >= 0.6 is 12.4 Å². The van der Waals surface area contributed by atoms with E-state index in [9.17, 15) is 14.0 Å². The highest BCUT2D eigenvalue weighted by Gasteiger charge is 2.34. The van der Waals surface area contributed by atoms with Gasteiger partial charge in [-0.15, -0.1) is 12.4 Å². The number of hydrogen-bond donors (Lipinski definition) is 2. The lowest BCUT2D eigenvalue weighted by molar-refractivity contribution is -0.140. The van der Waals surface area contributed by atoms with Gasteiger partial charge in [0.15, 0.2) is 0 Å². The Morgan fingerprint density at radius 3 is 2.38 bits per heavy atom. The molecule has 2 heterocycles. The summed E-state index contributed by atoms with van der Waals surface area (Å²) in [4.78, 5) is 26.7. The van der Waals surface area contributed by atoms with Crippen LogP contribution in [0.2, 0.25) is 0 Å². The first kappa shape index (κ1) is 20.6. The number of nitrogens with one attached hydrogen (secondary N) is 2. The highest BCUT2D eigenvalue weighted by atomic mass is 35.5. The maximum absolute atomic E-state index is 12.9. The average Bonchev–Trinajstić information content (AvgIpc) is 2.59. The normalized spacial score (nSPS) is 19.2. The lowest BCUT2D eigenvalue weighted by Crippen LogP contribution is -2.52. The Morgan fingerprint density at radius 1 is 1.23 bits per heavy atom. The number of likely N-dealkylation sites (tertiary alicyclic amines) is 1. The fourth-order valence-corrected chi connectivity index (χ4v) is 3.45. The molecule has 1 atom stereocenters. The van der Waals surface area contributed by atoms with Gasteiger partial charge in [-0.05, 0) is 49.5 Å². The van der Waals surface area contributed by atoms with Gasteiger partial charge in [-0.3, -0.25) is 9.59 Å². The molecule has 26 heavy (non-hydrogen) atoms. The van der Waals surface area contributed by atoms with Crippen LogP contribution in [0, 0.1) is 23.6 Å². The molecule has 1 unspecified atom stereocenters. The van der Waals surface area contributed by atoms with Crippen LogP contribution in [-0.2, 0) is 16.1 Å². The van der Waals surface area contributed by atoms with Crippen LogP contribution in [0.4, 0.5) is 4.39 Å². The van der Waals surface area contributed by atoms with Gasteiger partial charge in [-0.1, -0.05) is 19.1 Å². The second-order valence-electron chi connectivity index (χ2n) is 7.15. The summed E-state index contributed by atoms with van der Waals surface area (Å²) in [5, 5.41) is 6.13. The van der Waals surface area contributed by atoms with E-state index in [1.54, 1.807) is 12.1 Å². The maximum Gasteiger partial charge on any atom is 0.225 e. The van der Waals surface area contributed by atoms with E-state index in [1.165, 1.54) is 12.1 Å². The van der Waals surface area contributed by atoms with Crippen molar-refractivity contribution in [2.45, 2.75) is 26.3 Å². The van der Waals surface area contributed by atoms with Gasteiger partial charge in [0.1, 0.15) is 5.82 Å². The summed E-state index contributed by atoms with van der Waals surface area (Å²) in [6.07, 6.45) is 1.41. The number of nitrogens with zero attached hydrogens (tertiary/aromatic N) is 1. The van der Waals surface area contributed by atoms with Crippen molar-refractivity contribution in [1.29, 1.82) is 0 Å². The van der Waals surface area contributed by atoms with Gasteiger partial charge in [0.25, 0.3) is 0 Å². The van der Waals surface area contributed by atoms with Crippen LogP contribution in [0.25, 0.3) is 0 Å². The first-order valence-electron chi connectivity index (χ1n) is 9.06. The van der Waals surface area contributed by atoms with Crippen molar-refractivity contribution in [3.8, 4) is 0 Å². The van der Waals surface area contributed by atoms with Gasteiger partial charge in [0.2, 0.25) is 11.8 Å². The molecule has 0 spiro atoms. The molecule has 7 heteroatoms. The van der Waals surface area contributed by atoms with E-state index in [4.69, 9.17) is 0 Å². The second-order valence-corrected chi connectivity index (χ2v) is 7.15. The van der Waals surface area contributed by atoms with Crippen LogP contribution in [-0.4, -0.2) is 42.9 Å². The molecule has 0 saturated carbocycles. The minimum Gasteiger partial charge on any atom is -0.352 e. The monoisotopic (exact) mass is 383 g/mol. The summed E-state index contributed by atoms with van der Waals surface area (Å²) in [5.41, 5.74) is 0.880. The number of amides is 2. The van der Waals surface area contributed by atoms with E-state index < -0.39 is 0 Å². The van der Waals surface area contributed by atoms with E-state index in [0.717, 1.165) is 18.7 Å². The fourth-order valence-electron chi connectivity index (χ4n) is 3.45. The molecular weight excluding hydrogens is 357 g/mol. The van der Waals surface area contributed by atoms with E-state index >= 15 is 0 Å². The van der Waals surface area contributed by atoms with Crippen LogP contribution in [0.1, 0.15) is 25.3 Å². The minimum absolute atomic E-state index is 0. The molecule has 0 aromatic heterocycles. The highest BCUT2D eigenvalue weighted by molar-refractivity contribution is 5.85. The molecule has 1 aromatic carbocycles. The van der Waals surface area contributed by atoms with E-state index in [2.05, 4.69) is 10.6 Å². The first-order valence-corrected chi connectivity index (χ1v) is 9.06. The Bertz CT molecular complexity index is 614. The van der Waals surface area contributed by atoms with Crippen molar-refractivity contribution >= 4 is 24.2 Å². The zero-order valence-electron chi connectivity index (χ0n) is 15.0. The van der Waals surface area contributed by atoms with Crippen LogP contribution in [0.15, 0.2) is 24.3 Å². The predicted octanol–water partition coefficient (Wildman–Crippen LogP) is 1.96. The maximum atomic E-state index is 12.9. The topological polar surface area (TPSA) is 61.4 Å². The highest BCUT2D eigenvalue weighted by Crippen LogP contribution is 2.23. The summed E-state index contributed by atoms with van der Waals surface area (Å²) >= 11 is 0. The summed E-state index contributed by atoms with van der Waals surface area (Å²) in [7, 11) is 0. The quantitative estimate of drug-likeness (QED) is 0.817. The Morgan fingerprint density at radius 2 is 1.85 bits per heavy atom. The minimum atomic E-state index is -0.279. The van der Waals surface area contributed by atoms with Gasteiger partial charge >= 0.3 is 0 Å². The molecule has 1 aromatic rings. The number of benzene rings is 1. The van der Waals surface area contributed by atoms with Gasteiger partial charge in [0.05, 0.1) is 0 Å². The number of hydrogen-bond acceptors (Lipinski definition) is 3. The van der Waals surface area contributed by atoms with Crippen LogP contribution in [0.5, 0.6) is 0 Å². The zero-order valence-corrected chi connectivity index (χ0v) is 15.9. The standard InChI is InChI=1S/C19H26FN3O2.ClH/c1-13(16-11-21-12-16)19(25)23-8-6-15(7-9-23)18(24)22-10-14-2-4-17(20)5-3-14;/h2-5,13,15-16,21H,6-12H2,1H3,(H,22,24);1H. The molecular formula is C19H27ClFN3O2. The number of carbonyl (C=O) groups is 2. The lowest BCUT2D eigenvalue weighted by Gasteiger charge is -2.37. The molecule has 5 nitrogen and oxygen atoms in total. The van der Waals surface area contributed by atoms with Crippen molar-refractivity contribution in [3.63, 3.8) is 0 Å². The number of halogens is 2. The molecule has 3 rings (SSSR count). The summed E-state index contributed by atoms with van der Waals surface area (Å²) < 4.78 is 12.9. The number of rotatable bonds is 5. The smallest absolute Gasteiger partial charge is 0.225 e. The third kappa shape index (κ3) is 4.95. The van der Waals surface area contributed by atoms with E-state index in [0.29, 0.717) is 38.4 Å². The Balaban J connectivity index is 0.00000243. The molecule has 2 amide bonds. The van der Waals surface area contributed by atoms with E-state index in [1.807, 2.05) is 11.8 Å². The van der Waals surface area contributed by atoms with Crippen molar-refractivity contribution in [2.24, 2.45) is 17.8 Å². The number of carbonyl (C=O) groups excluding carboxylic acids is 2. The number of piperidine rings is 1. The second kappa shape index (κ2) is 9.33. The van der Waals surface area contributed by atoms with Gasteiger partial charge in [-0.2, -0.15) is 0 Å². The summed E-state index contributed by atoms with van der Waals surface area (Å²) in [6, 6.07) is 6.13. The van der Waals surface area contributed by atoms with Crippen molar-refractivity contribution in [1.82, 2.24) is 15.5 Å². The van der Waals surface area contributed by atoms with Gasteiger partial charge in [0, 0.05) is 31.5 Å². The Labute approximate surface area is 160 Å². The Hall–Kier alpha value is -1.66. The molecule has 2 aliphatic rings. The molecule has 2 aliphatic heterocycles. The first-order chi connectivity index (χ1) is 12.0. The van der Waals surface area contributed by atoms with E-state index in [-0.39, 0.29) is 41.9 Å². The average molecular weight is 384 g/mol. The van der Waals surface area contributed by atoms with Crippen molar-refractivity contribution in [3.05, 3.63) is 35.6 Å².